The Bertz CT molecular complexity index is 589. The molecule has 3 rings (SSSR count). The predicted molar refractivity (Wildman–Crippen MR) is 74.1 cm³/mol. The van der Waals surface area contributed by atoms with Crippen LogP contribution in [-0.2, 0) is 9.53 Å². The summed E-state index contributed by atoms with van der Waals surface area (Å²) in [6.45, 7) is 0. The predicted octanol–water partition coefficient (Wildman–Crippen LogP) is 3.48. The molecule has 2 nitrogen and oxygen atoms in total. The molecule has 0 saturated heterocycles. The maximum atomic E-state index is 11.9. The second-order valence-corrected chi connectivity index (χ2v) is 4.90. The Balaban J connectivity index is 2.04. The van der Waals surface area contributed by atoms with Crippen molar-refractivity contribution in [2.45, 2.75) is 18.3 Å². The normalized spacial score (nSPS) is 20.9. The van der Waals surface area contributed by atoms with E-state index in [9.17, 15) is 4.79 Å². The third kappa shape index (κ3) is 2.03. The summed E-state index contributed by atoms with van der Waals surface area (Å²) in [4.78, 5) is 11.9. The first-order chi connectivity index (χ1) is 9.31. The van der Waals surface area contributed by atoms with Crippen molar-refractivity contribution >= 4 is 5.97 Å². The summed E-state index contributed by atoms with van der Waals surface area (Å²) in [7, 11) is 1.46. The highest BCUT2D eigenvalue weighted by molar-refractivity contribution is 5.80. The van der Waals surface area contributed by atoms with E-state index in [1.807, 2.05) is 36.4 Å². The van der Waals surface area contributed by atoms with Gasteiger partial charge in [-0.15, -0.1) is 0 Å². The van der Waals surface area contributed by atoms with Crippen molar-refractivity contribution in [3.8, 4) is 0 Å². The van der Waals surface area contributed by atoms with Crippen LogP contribution in [0.15, 0.2) is 54.6 Å². The molecule has 0 aliphatic heterocycles. The number of hydrogen-bond acceptors (Lipinski definition) is 2. The lowest BCUT2D eigenvalue weighted by Crippen LogP contribution is -2.11. The van der Waals surface area contributed by atoms with Gasteiger partial charge in [0.15, 0.2) is 0 Å². The van der Waals surface area contributed by atoms with Crippen LogP contribution >= 0.6 is 0 Å². The molecule has 2 atom stereocenters. The second kappa shape index (κ2) is 4.88. The molecule has 2 heteroatoms. The van der Waals surface area contributed by atoms with Gasteiger partial charge in [0, 0.05) is 5.92 Å². The molecule has 0 heterocycles. The van der Waals surface area contributed by atoms with E-state index in [0.29, 0.717) is 5.92 Å². The van der Waals surface area contributed by atoms with Crippen LogP contribution in [0.25, 0.3) is 0 Å². The lowest BCUT2D eigenvalue weighted by Gasteiger charge is -2.11. The van der Waals surface area contributed by atoms with Gasteiger partial charge in [-0.05, 0) is 23.1 Å². The van der Waals surface area contributed by atoms with Crippen LogP contribution in [0, 0.1) is 0 Å². The third-order valence-electron chi connectivity index (χ3n) is 3.91. The minimum atomic E-state index is -0.133. The van der Waals surface area contributed by atoms with Crippen molar-refractivity contribution in [2.75, 3.05) is 7.11 Å². The Hall–Kier alpha value is -2.09. The van der Waals surface area contributed by atoms with E-state index in [-0.39, 0.29) is 11.9 Å². The lowest BCUT2D eigenvalue weighted by atomic mass is 9.93. The topological polar surface area (TPSA) is 26.3 Å². The Morgan fingerprint density at radius 3 is 2.32 bits per heavy atom. The monoisotopic (exact) mass is 252 g/mol. The summed E-state index contributed by atoms with van der Waals surface area (Å²) in [5, 5.41) is 0. The highest BCUT2D eigenvalue weighted by Gasteiger charge is 2.36. The molecule has 1 aliphatic rings. The van der Waals surface area contributed by atoms with Gasteiger partial charge >= 0.3 is 5.97 Å². The van der Waals surface area contributed by atoms with E-state index in [1.165, 1.54) is 18.2 Å². The van der Waals surface area contributed by atoms with Gasteiger partial charge in [0.1, 0.15) is 0 Å². The van der Waals surface area contributed by atoms with Crippen molar-refractivity contribution in [3.63, 3.8) is 0 Å². The summed E-state index contributed by atoms with van der Waals surface area (Å²) < 4.78 is 4.94. The van der Waals surface area contributed by atoms with Crippen LogP contribution in [0.4, 0.5) is 0 Å². The first-order valence-electron chi connectivity index (χ1n) is 6.53. The molecule has 96 valence electrons. The van der Waals surface area contributed by atoms with Crippen LogP contribution in [0.2, 0.25) is 0 Å². The van der Waals surface area contributed by atoms with Crippen LogP contribution in [0.3, 0.4) is 0 Å². The standard InChI is InChI=1S/C17H16O2/c1-19-17(18)16-11-15(12-7-3-2-4-8-12)13-9-5-6-10-14(13)16/h2-10,15-16H,11H2,1H3/t15-,16-/m0/s1. The van der Waals surface area contributed by atoms with Crippen molar-refractivity contribution in [2.24, 2.45) is 0 Å². The molecule has 0 amide bonds. The SMILES string of the molecule is COC(=O)[C@H]1C[C@@H](c2ccccc2)c2ccccc21. The van der Waals surface area contributed by atoms with Gasteiger partial charge in [0.05, 0.1) is 13.0 Å². The molecule has 0 radical (unpaired) electrons. The molecular formula is C17H16O2. The maximum absolute atomic E-state index is 11.9. The van der Waals surface area contributed by atoms with E-state index in [1.54, 1.807) is 0 Å². The Labute approximate surface area is 113 Å². The van der Waals surface area contributed by atoms with Crippen LogP contribution in [-0.4, -0.2) is 13.1 Å². The summed E-state index contributed by atoms with van der Waals surface area (Å²) in [6, 6.07) is 18.5. The zero-order valence-corrected chi connectivity index (χ0v) is 10.9. The molecular weight excluding hydrogens is 236 g/mol. The molecule has 0 saturated carbocycles. The Morgan fingerprint density at radius 1 is 1.00 bits per heavy atom. The minimum Gasteiger partial charge on any atom is -0.469 e. The molecule has 0 bridgehead atoms. The molecule has 0 spiro atoms. The quantitative estimate of drug-likeness (QED) is 0.765. The van der Waals surface area contributed by atoms with Gasteiger partial charge in [-0.1, -0.05) is 54.6 Å². The van der Waals surface area contributed by atoms with Crippen LogP contribution in [0.5, 0.6) is 0 Å². The van der Waals surface area contributed by atoms with Crippen LogP contribution in [0.1, 0.15) is 34.9 Å². The molecule has 0 fully saturated rings. The Kier molecular flexibility index (Phi) is 3.08. The van der Waals surface area contributed by atoms with E-state index in [0.717, 1.165) is 12.0 Å². The fraction of sp³-hybridized carbons (Fsp3) is 0.235. The minimum absolute atomic E-state index is 0.133. The van der Waals surface area contributed by atoms with E-state index >= 15 is 0 Å². The number of benzene rings is 2. The molecule has 0 N–H and O–H groups in total. The number of ether oxygens (including phenoxy) is 1. The molecule has 0 aromatic heterocycles. The van der Waals surface area contributed by atoms with E-state index in [2.05, 4.69) is 18.2 Å². The number of carbonyl (C=O) groups is 1. The average Bonchev–Trinajstić information content (AvgIpc) is 2.87. The first-order valence-corrected chi connectivity index (χ1v) is 6.53. The second-order valence-electron chi connectivity index (χ2n) is 4.90. The smallest absolute Gasteiger partial charge is 0.313 e. The average molecular weight is 252 g/mol. The zero-order chi connectivity index (χ0) is 13.2. The van der Waals surface area contributed by atoms with Crippen molar-refractivity contribution < 1.29 is 9.53 Å². The first kappa shape index (κ1) is 12.0. The lowest BCUT2D eigenvalue weighted by molar-refractivity contribution is -0.142. The summed E-state index contributed by atoms with van der Waals surface area (Å²) >= 11 is 0. The molecule has 2 aromatic carbocycles. The highest BCUT2D eigenvalue weighted by Crippen LogP contribution is 2.45. The number of fused-ring (bicyclic) bond motifs is 1. The number of methoxy groups -OCH3 is 1. The highest BCUT2D eigenvalue weighted by atomic mass is 16.5. The van der Waals surface area contributed by atoms with E-state index < -0.39 is 0 Å². The van der Waals surface area contributed by atoms with E-state index in [4.69, 9.17) is 4.74 Å². The van der Waals surface area contributed by atoms with Crippen molar-refractivity contribution in [1.29, 1.82) is 0 Å². The number of rotatable bonds is 2. The van der Waals surface area contributed by atoms with Gasteiger partial charge in [-0.3, -0.25) is 4.79 Å². The molecule has 2 aromatic rings. The van der Waals surface area contributed by atoms with Crippen molar-refractivity contribution in [3.05, 3.63) is 71.3 Å². The third-order valence-corrected chi connectivity index (χ3v) is 3.91. The maximum Gasteiger partial charge on any atom is 0.313 e. The summed E-state index contributed by atoms with van der Waals surface area (Å²) in [5.41, 5.74) is 3.63. The molecule has 19 heavy (non-hydrogen) atoms. The van der Waals surface area contributed by atoms with Gasteiger partial charge in [-0.2, -0.15) is 0 Å². The van der Waals surface area contributed by atoms with Gasteiger partial charge in [-0.25, -0.2) is 0 Å². The van der Waals surface area contributed by atoms with Gasteiger partial charge in [0.25, 0.3) is 0 Å². The van der Waals surface area contributed by atoms with Crippen LogP contribution < -0.4 is 0 Å². The molecule has 0 unspecified atom stereocenters. The van der Waals surface area contributed by atoms with Gasteiger partial charge in [0.2, 0.25) is 0 Å². The number of esters is 1. The number of carbonyl (C=O) groups excluding carboxylic acids is 1. The van der Waals surface area contributed by atoms with Crippen molar-refractivity contribution in [1.82, 2.24) is 0 Å². The fourth-order valence-electron chi connectivity index (χ4n) is 3.00. The number of hydrogen-bond donors (Lipinski definition) is 0. The largest absolute Gasteiger partial charge is 0.469 e. The fourth-order valence-corrected chi connectivity index (χ4v) is 3.00. The Morgan fingerprint density at radius 2 is 1.63 bits per heavy atom. The summed E-state index contributed by atoms with van der Waals surface area (Å²) in [5.74, 6) is 0.0267. The zero-order valence-electron chi connectivity index (χ0n) is 10.9. The molecule has 1 aliphatic carbocycles. The summed E-state index contributed by atoms with van der Waals surface area (Å²) in [6.07, 6.45) is 0.802. The van der Waals surface area contributed by atoms with Gasteiger partial charge < -0.3 is 4.74 Å².